The minimum atomic E-state index is -0.440. The molecule has 1 saturated heterocycles. The molecule has 0 N–H and O–H groups in total. The van der Waals surface area contributed by atoms with Crippen LogP contribution in [-0.4, -0.2) is 36.3 Å². The van der Waals surface area contributed by atoms with E-state index in [1.165, 1.54) is 0 Å². The van der Waals surface area contributed by atoms with Crippen molar-refractivity contribution in [1.29, 1.82) is 0 Å². The highest BCUT2D eigenvalue weighted by atomic mass is 127. The Morgan fingerprint density at radius 2 is 2.10 bits per heavy atom. The quantitative estimate of drug-likeness (QED) is 0.622. The molecule has 0 aromatic heterocycles. The fourth-order valence-corrected chi connectivity index (χ4v) is 2.77. The largest absolute Gasteiger partial charge is 0.492 e. The summed E-state index contributed by atoms with van der Waals surface area (Å²) in [6.07, 6.45) is -0.241. The first-order valence-electron chi connectivity index (χ1n) is 6.80. The Hall–Kier alpha value is -0.500. The number of carbonyl (C=O) groups excluding carboxylic acids is 1. The van der Waals surface area contributed by atoms with Crippen LogP contribution in [0.4, 0.5) is 4.79 Å². The first kappa shape index (κ1) is 16.9. The molecule has 0 aliphatic carbocycles. The van der Waals surface area contributed by atoms with Crippen molar-refractivity contribution in [1.82, 2.24) is 4.90 Å². The smallest absolute Gasteiger partial charge is 0.410 e. The third-order valence-electron chi connectivity index (χ3n) is 2.98. The molecule has 0 radical (unpaired) electrons. The van der Waals surface area contributed by atoms with Gasteiger partial charge in [-0.05, 0) is 77.5 Å². The molecule has 1 aromatic carbocycles. The molecule has 1 fully saturated rings. The second-order valence-electron chi connectivity index (χ2n) is 6.14. The van der Waals surface area contributed by atoms with Gasteiger partial charge < -0.3 is 14.4 Å². The summed E-state index contributed by atoms with van der Waals surface area (Å²) in [5.74, 6) is 1.21. The van der Waals surface area contributed by atoms with Crippen LogP contribution >= 0.6 is 38.5 Å². The van der Waals surface area contributed by atoms with Crippen molar-refractivity contribution < 1.29 is 14.3 Å². The van der Waals surface area contributed by atoms with E-state index in [1.54, 1.807) is 4.90 Å². The van der Waals surface area contributed by atoms with Gasteiger partial charge in [0.1, 0.15) is 11.4 Å². The lowest BCUT2D eigenvalue weighted by Gasteiger charge is -2.39. The third-order valence-corrected chi connectivity index (χ3v) is 4.30. The number of halogens is 2. The Morgan fingerprint density at radius 1 is 1.43 bits per heavy atom. The fraction of sp³-hybridized carbons (Fsp3) is 0.533. The Kier molecular flexibility index (Phi) is 5.40. The maximum atomic E-state index is 11.8. The Bertz CT molecular complexity index is 524. The topological polar surface area (TPSA) is 38.8 Å². The molecule has 1 aliphatic heterocycles. The highest BCUT2D eigenvalue weighted by Gasteiger charge is 2.34. The fourth-order valence-electron chi connectivity index (χ4n) is 1.95. The van der Waals surface area contributed by atoms with Gasteiger partial charge in [-0.2, -0.15) is 0 Å². The number of benzene rings is 1. The average Bonchev–Trinajstić information content (AvgIpc) is 2.29. The van der Waals surface area contributed by atoms with Crippen LogP contribution in [0.3, 0.4) is 0 Å². The van der Waals surface area contributed by atoms with Gasteiger partial charge in [0, 0.05) is 22.6 Å². The van der Waals surface area contributed by atoms with E-state index in [2.05, 4.69) is 38.5 Å². The third kappa shape index (κ3) is 5.02. The first-order valence-corrected chi connectivity index (χ1v) is 8.67. The van der Waals surface area contributed by atoms with E-state index in [9.17, 15) is 4.79 Å². The summed E-state index contributed by atoms with van der Waals surface area (Å²) < 4.78 is 13.2. The average molecular weight is 468 g/mol. The lowest BCUT2D eigenvalue weighted by Crippen LogP contribution is -2.53. The molecule has 21 heavy (non-hydrogen) atoms. The summed E-state index contributed by atoms with van der Waals surface area (Å²) in [5.41, 5.74) is -0.440. The van der Waals surface area contributed by atoms with E-state index < -0.39 is 5.60 Å². The molecule has 2 rings (SSSR count). The van der Waals surface area contributed by atoms with Crippen LogP contribution in [0, 0.1) is 9.49 Å². The zero-order valence-corrected chi connectivity index (χ0v) is 16.1. The standard InChI is InChI=1S/C15H19BrINO3/c1-15(2,3)21-14(19)18-7-10(8-18)9-20-13-6-11(17)4-5-12(13)16/h4-6,10H,7-9H2,1-3H3. The van der Waals surface area contributed by atoms with Crippen LogP contribution in [0.25, 0.3) is 0 Å². The maximum Gasteiger partial charge on any atom is 0.410 e. The Labute approximate surface area is 147 Å². The van der Waals surface area contributed by atoms with E-state index in [0.717, 1.165) is 13.8 Å². The van der Waals surface area contributed by atoms with Crippen molar-refractivity contribution in [2.75, 3.05) is 19.7 Å². The number of rotatable bonds is 3. The molecule has 1 aromatic rings. The van der Waals surface area contributed by atoms with Gasteiger partial charge in [0.15, 0.2) is 0 Å². The number of hydrogen-bond acceptors (Lipinski definition) is 3. The number of carbonyl (C=O) groups is 1. The molecule has 0 unspecified atom stereocenters. The molecule has 1 aliphatic rings. The van der Waals surface area contributed by atoms with Crippen LogP contribution in [0.15, 0.2) is 22.7 Å². The minimum absolute atomic E-state index is 0.241. The maximum absolute atomic E-state index is 11.8. The normalized spacial score (nSPS) is 15.6. The van der Waals surface area contributed by atoms with E-state index in [4.69, 9.17) is 9.47 Å². The molecule has 0 spiro atoms. The van der Waals surface area contributed by atoms with Gasteiger partial charge in [-0.1, -0.05) is 0 Å². The van der Waals surface area contributed by atoms with Crippen LogP contribution < -0.4 is 4.74 Å². The molecular formula is C15H19BrINO3. The summed E-state index contributed by atoms with van der Waals surface area (Å²) in [6.45, 7) is 7.62. The van der Waals surface area contributed by atoms with Crippen molar-refractivity contribution in [2.24, 2.45) is 5.92 Å². The number of hydrogen-bond donors (Lipinski definition) is 0. The lowest BCUT2D eigenvalue weighted by atomic mass is 10.0. The number of amides is 1. The molecular weight excluding hydrogens is 449 g/mol. The lowest BCUT2D eigenvalue weighted by molar-refractivity contribution is -0.00786. The molecule has 116 valence electrons. The van der Waals surface area contributed by atoms with Gasteiger partial charge >= 0.3 is 6.09 Å². The second kappa shape index (κ2) is 6.73. The highest BCUT2D eigenvalue weighted by molar-refractivity contribution is 14.1. The van der Waals surface area contributed by atoms with Gasteiger partial charge in [0.2, 0.25) is 0 Å². The SMILES string of the molecule is CC(C)(C)OC(=O)N1CC(COc2cc(I)ccc2Br)C1. The van der Waals surface area contributed by atoms with E-state index in [1.807, 2.05) is 39.0 Å². The van der Waals surface area contributed by atoms with Crippen LogP contribution in [0.2, 0.25) is 0 Å². The van der Waals surface area contributed by atoms with Gasteiger partial charge in [0.05, 0.1) is 11.1 Å². The van der Waals surface area contributed by atoms with Crippen molar-refractivity contribution in [2.45, 2.75) is 26.4 Å². The molecule has 6 heteroatoms. The molecule has 1 heterocycles. The molecule has 4 nitrogen and oxygen atoms in total. The van der Waals surface area contributed by atoms with Gasteiger partial charge in [-0.15, -0.1) is 0 Å². The monoisotopic (exact) mass is 467 g/mol. The van der Waals surface area contributed by atoms with Gasteiger partial charge in [-0.25, -0.2) is 4.79 Å². The Morgan fingerprint density at radius 3 is 2.71 bits per heavy atom. The summed E-state index contributed by atoms with van der Waals surface area (Å²) in [7, 11) is 0. The van der Waals surface area contributed by atoms with Crippen LogP contribution in [0.1, 0.15) is 20.8 Å². The predicted molar refractivity (Wildman–Crippen MR) is 93.7 cm³/mol. The summed E-state index contributed by atoms with van der Waals surface area (Å²) in [6, 6.07) is 5.99. The molecule has 0 bridgehead atoms. The van der Waals surface area contributed by atoms with Crippen molar-refractivity contribution in [3.8, 4) is 5.75 Å². The van der Waals surface area contributed by atoms with E-state index >= 15 is 0 Å². The number of ether oxygens (including phenoxy) is 2. The highest BCUT2D eigenvalue weighted by Crippen LogP contribution is 2.28. The van der Waals surface area contributed by atoms with Gasteiger partial charge in [-0.3, -0.25) is 0 Å². The van der Waals surface area contributed by atoms with Crippen molar-refractivity contribution >= 4 is 44.6 Å². The van der Waals surface area contributed by atoms with Crippen molar-refractivity contribution in [3.05, 3.63) is 26.2 Å². The predicted octanol–water partition coefficient (Wildman–Crippen LogP) is 4.30. The second-order valence-corrected chi connectivity index (χ2v) is 8.24. The van der Waals surface area contributed by atoms with Gasteiger partial charge in [0.25, 0.3) is 0 Å². The minimum Gasteiger partial charge on any atom is -0.492 e. The Balaban J connectivity index is 1.76. The first-order chi connectivity index (χ1) is 9.74. The summed E-state index contributed by atoms with van der Waals surface area (Å²) in [5, 5.41) is 0. The van der Waals surface area contributed by atoms with E-state index in [-0.39, 0.29) is 6.09 Å². The van der Waals surface area contributed by atoms with Crippen molar-refractivity contribution in [3.63, 3.8) is 0 Å². The number of nitrogens with zero attached hydrogens (tertiary/aromatic N) is 1. The molecule has 0 saturated carbocycles. The molecule has 0 atom stereocenters. The van der Waals surface area contributed by atoms with Crippen LogP contribution in [0.5, 0.6) is 5.75 Å². The zero-order chi connectivity index (χ0) is 15.6. The molecule has 1 amide bonds. The van der Waals surface area contributed by atoms with E-state index in [0.29, 0.717) is 25.6 Å². The summed E-state index contributed by atoms with van der Waals surface area (Å²) in [4.78, 5) is 13.5. The zero-order valence-electron chi connectivity index (χ0n) is 12.4. The summed E-state index contributed by atoms with van der Waals surface area (Å²) >= 11 is 5.73. The number of likely N-dealkylation sites (tertiary alicyclic amines) is 1. The van der Waals surface area contributed by atoms with Crippen LogP contribution in [-0.2, 0) is 4.74 Å².